The molecule has 1 amide bonds. The molecule has 0 saturated carbocycles. The Hall–Kier alpha value is -1.30. The molecule has 1 saturated heterocycles. The van der Waals surface area contributed by atoms with E-state index in [4.69, 9.17) is 4.74 Å². The molecule has 0 radical (unpaired) electrons. The number of hydrogen-bond donors (Lipinski definition) is 1. The maximum atomic E-state index is 11.8. The van der Waals surface area contributed by atoms with Crippen LogP contribution in [0.1, 0.15) is 33.6 Å². The lowest BCUT2D eigenvalue weighted by Crippen LogP contribution is -2.47. The first-order chi connectivity index (χ1) is 7.76. The molecule has 0 unspecified atom stereocenters. The zero-order chi connectivity index (χ0) is 13.2. The van der Waals surface area contributed by atoms with Crippen LogP contribution >= 0.6 is 0 Å². The summed E-state index contributed by atoms with van der Waals surface area (Å²) < 4.78 is 9.73. The summed E-state index contributed by atoms with van der Waals surface area (Å²) in [5.74, 6) is -0.535. The zero-order valence-electron chi connectivity index (χ0n) is 10.6. The molecular formula is C11H19NO5. The van der Waals surface area contributed by atoms with Crippen LogP contribution in [0.25, 0.3) is 0 Å². The molecule has 1 aliphatic rings. The molecule has 0 aromatic rings. The van der Waals surface area contributed by atoms with Gasteiger partial charge in [0.25, 0.3) is 0 Å². The Morgan fingerprint density at radius 3 is 2.35 bits per heavy atom. The van der Waals surface area contributed by atoms with Crippen LogP contribution in [0.15, 0.2) is 0 Å². The third-order valence-corrected chi connectivity index (χ3v) is 2.43. The number of methoxy groups -OCH3 is 1. The minimum atomic E-state index is -0.992. The second-order valence-electron chi connectivity index (χ2n) is 4.98. The summed E-state index contributed by atoms with van der Waals surface area (Å²) >= 11 is 0. The van der Waals surface area contributed by atoms with Gasteiger partial charge in [-0.25, -0.2) is 9.59 Å². The van der Waals surface area contributed by atoms with Crippen LogP contribution in [0, 0.1) is 0 Å². The lowest BCUT2D eigenvalue weighted by Gasteiger charge is -2.29. The Balaban J connectivity index is 2.78. The van der Waals surface area contributed by atoms with Crippen LogP contribution < -0.4 is 0 Å². The second-order valence-corrected chi connectivity index (χ2v) is 4.98. The van der Waals surface area contributed by atoms with Crippen molar-refractivity contribution < 1.29 is 24.2 Å². The van der Waals surface area contributed by atoms with E-state index in [2.05, 4.69) is 4.74 Å². The van der Waals surface area contributed by atoms with E-state index in [-0.39, 0.29) is 0 Å². The number of hydrogen-bond acceptors (Lipinski definition) is 5. The van der Waals surface area contributed by atoms with Crippen molar-refractivity contribution in [2.45, 2.75) is 51.5 Å². The molecule has 6 nitrogen and oxygen atoms in total. The van der Waals surface area contributed by atoms with E-state index in [9.17, 15) is 14.7 Å². The monoisotopic (exact) mass is 245 g/mol. The molecule has 1 N–H and O–H groups in total. The smallest absolute Gasteiger partial charge is 0.413 e. The van der Waals surface area contributed by atoms with Gasteiger partial charge in [-0.3, -0.25) is 4.90 Å². The molecule has 1 rings (SSSR count). The molecule has 1 aliphatic heterocycles. The zero-order valence-corrected chi connectivity index (χ0v) is 10.6. The van der Waals surface area contributed by atoms with Gasteiger partial charge in [0.05, 0.1) is 7.11 Å². The molecule has 0 spiro atoms. The third kappa shape index (κ3) is 3.33. The molecule has 98 valence electrons. The molecule has 17 heavy (non-hydrogen) atoms. The van der Waals surface area contributed by atoms with Gasteiger partial charge in [0.2, 0.25) is 0 Å². The van der Waals surface area contributed by atoms with Gasteiger partial charge >= 0.3 is 12.1 Å². The Morgan fingerprint density at radius 1 is 1.29 bits per heavy atom. The number of carbonyl (C=O) groups is 2. The lowest BCUT2D eigenvalue weighted by molar-refractivity contribution is -0.147. The molecule has 6 heteroatoms. The quantitative estimate of drug-likeness (QED) is 0.694. The minimum absolute atomic E-state index is 0.346. The standard InChI is InChI=1S/C11H19NO5/c1-11(2,3)17-10(15)12-7(9(14)16-4)5-6-8(12)13/h7-8,13H,5-6H2,1-4H3/t7-,8+/m0/s1. The van der Waals surface area contributed by atoms with Gasteiger partial charge in [-0.1, -0.05) is 0 Å². The summed E-state index contributed by atoms with van der Waals surface area (Å²) in [4.78, 5) is 24.3. The predicted molar refractivity (Wildman–Crippen MR) is 59.1 cm³/mol. The first kappa shape index (κ1) is 13.8. The fourth-order valence-electron chi connectivity index (χ4n) is 1.72. The summed E-state index contributed by atoms with van der Waals surface area (Å²) in [5, 5.41) is 9.69. The molecule has 0 bridgehead atoms. The van der Waals surface area contributed by atoms with Crippen LogP contribution in [0.4, 0.5) is 4.79 Å². The molecule has 0 aromatic carbocycles. The van der Waals surface area contributed by atoms with Crippen LogP contribution in [-0.2, 0) is 14.3 Å². The summed E-state index contributed by atoms with van der Waals surface area (Å²) in [7, 11) is 1.25. The highest BCUT2D eigenvalue weighted by Crippen LogP contribution is 2.25. The highest BCUT2D eigenvalue weighted by molar-refractivity contribution is 5.82. The molecule has 1 fully saturated rings. The Bertz CT molecular complexity index is 309. The first-order valence-corrected chi connectivity index (χ1v) is 5.53. The van der Waals surface area contributed by atoms with Crippen LogP contribution in [-0.4, -0.2) is 47.0 Å². The van der Waals surface area contributed by atoms with Gasteiger partial charge in [0, 0.05) is 0 Å². The highest BCUT2D eigenvalue weighted by atomic mass is 16.6. The summed E-state index contributed by atoms with van der Waals surface area (Å²) in [6.07, 6.45) is -0.960. The fraction of sp³-hybridized carbons (Fsp3) is 0.818. The molecule has 2 atom stereocenters. The topological polar surface area (TPSA) is 76.1 Å². The fourth-order valence-corrected chi connectivity index (χ4v) is 1.72. The summed E-state index contributed by atoms with van der Waals surface area (Å²) in [6.45, 7) is 5.17. The number of likely N-dealkylation sites (tertiary alicyclic amines) is 1. The van der Waals surface area contributed by atoms with Crippen molar-refractivity contribution in [2.24, 2.45) is 0 Å². The number of esters is 1. The molecule has 0 aromatic heterocycles. The van der Waals surface area contributed by atoms with Crippen molar-refractivity contribution in [1.82, 2.24) is 4.90 Å². The average Bonchev–Trinajstić information content (AvgIpc) is 2.56. The number of aliphatic hydroxyl groups is 1. The summed E-state index contributed by atoms with van der Waals surface area (Å²) in [5.41, 5.74) is -0.667. The van der Waals surface area contributed by atoms with Crippen LogP contribution in [0.5, 0.6) is 0 Å². The number of rotatable bonds is 1. The third-order valence-electron chi connectivity index (χ3n) is 2.43. The maximum Gasteiger partial charge on any atom is 0.413 e. The SMILES string of the molecule is COC(=O)[C@@H]1CC[C@@H](O)N1C(=O)OC(C)(C)C. The number of aliphatic hydroxyl groups excluding tert-OH is 1. The van der Waals surface area contributed by atoms with Crippen LogP contribution in [0.3, 0.4) is 0 Å². The largest absolute Gasteiger partial charge is 0.467 e. The number of ether oxygens (including phenoxy) is 2. The Morgan fingerprint density at radius 2 is 1.88 bits per heavy atom. The van der Waals surface area contributed by atoms with Crippen LogP contribution in [0.2, 0.25) is 0 Å². The highest BCUT2D eigenvalue weighted by Gasteiger charge is 2.42. The van der Waals surface area contributed by atoms with E-state index >= 15 is 0 Å². The van der Waals surface area contributed by atoms with Crippen molar-refractivity contribution in [2.75, 3.05) is 7.11 Å². The number of amides is 1. The van der Waals surface area contributed by atoms with Crippen molar-refractivity contribution in [3.8, 4) is 0 Å². The van der Waals surface area contributed by atoms with Crippen molar-refractivity contribution in [3.63, 3.8) is 0 Å². The Labute approximate surface area is 100 Å². The van der Waals surface area contributed by atoms with E-state index < -0.39 is 29.9 Å². The van der Waals surface area contributed by atoms with E-state index in [1.807, 2.05) is 0 Å². The predicted octanol–water partition coefficient (Wildman–Crippen LogP) is 0.877. The second kappa shape index (κ2) is 4.91. The molecular weight excluding hydrogens is 226 g/mol. The van der Waals surface area contributed by atoms with E-state index in [0.29, 0.717) is 12.8 Å². The van der Waals surface area contributed by atoms with Crippen molar-refractivity contribution in [1.29, 1.82) is 0 Å². The van der Waals surface area contributed by atoms with Crippen molar-refractivity contribution in [3.05, 3.63) is 0 Å². The Kier molecular flexibility index (Phi) is 3.98. The summed E-state index contributed by atoms with van der Waals surface area (Å²) in [6, 6.07) is -0.759. The average molecular weight is 245 g/mol. The van der Waals surface area contributed by atoms with E-state index in [0.717, 1.165) is 4.90 Å². The van der Waals surface area contributed by atoms with Gasteiger partial charge in [-0.05, 0) is 33.6 Å². The van der Waals surface area contributed by atoms with Gasteiger partial charge < -0.3 is 14.6 Å². The van der Waals surface area contributed by atoms with E-state index in [1.54, 1.807) is 20.8 Å². The first-order valence-electron chi connectivity index (χ1n) is 5.53. The number of carbonyl (C=O) groups excluding carboxylic acids is 2. The maximum absolute atomic E-state index is 11.8. The lowest BCUT2D eigenvalue weighted by atomic mass is 10.2. The normalized spacial score (nSPS) is 24.6. The van der Waals surface area contributed by atoms with Crippen molar-refractivity contribution >= 4 is 12.1 Å². The molecule has 0 aliphatic carbocycles. The number of nitrogens with zero attached hydrogens (tertiary/aromatic N) is 1. The van der Waals surface area contributed by atoms with E-state index in [1.165, 1.54) is 7.11 Å². The van der Waals surface area contributed by atoms with Gasteiger partial charge in [-0.15, -0.1) is 0 Å². The van der Waals surface area contributed by atoms with Gasteiger partial charge in [0.15, 0.2) is 0 Å². The van der Waals surface area contributed by atoms with Gasteiger partial charge in [0.1, 0.15) is 17.9 Å². The minimum Gasteiger partial charge on any atom is -0.467 e. The molecule has 1 heterocycles. The van der Waals surface area contributed by atoms with Gasteiger partial charge in [-0.2, -0.15) is 0 Å².